The standard InChI is InChI=1S/C28H28BrClN4O2/c1-17-4-3-5-25(34-13-9-18(15-26(34)35)21-16-20(30)6-7-22(21)29)24-14-19(8-11-31-24)27-23(32-28(17)36)10-12-33(27)2/h6-8,10-12,14-17,25H,3-5,9,13H2,1-2H3,(H,32,36)/t17-,25+/m1/s1. The number of pyridine rings is 1. The van der Waals surface area contributed by atoms with Gasteiger partial charge >= 0.3 is 0 Å². The Hall–Kier alpha value is -2.90. The second kappa shape index (κ2) is 10.2. The minimum atomic E-state index is -0.170. The van der Waals surface area contributed by atoms with Crippen molar-refractivity contribution in [1.82, 2.24) is 14.5 Å². The zero-order valence-electron chi connectivity index (χ0n) is 20.3. The smallest absolute Gasteiger partial charge is 0.247 e. The van der Waals surface area contributed by atoms with E-state index in [1.165, 1.54) is 0 Å². The Labute approximate surface area is 224 Å². The fraction of sp³-hybridized carbons (Fsp3) is 0.321. The van der Waals surface area contributed by atoms with Gasteiger partial charge in [0.05, 0.1) is 23.1 Å². The van der Waals surface area contributed by atoms with Gasteiger partial charge in [0.1, 0.15) is 0 Å². The first-order valence-electron chi connectivity index (χ1n) is 12.2. The molecule has 36 heavy (non-hydrogen) atoms. The van der Waals surface area contributed by atoms with Gasteiger partial charge in [0.15, 0.2) is 0 Å². The van der Waals surface area contributed by atoms with Crippen LogP contribution in [0, 0.1) is 5.92 Å². The predicted molar refractivity (Wildman–Crippen MR) is 146 cm³/mol. The summed E-state index contributed by atoms with van der Waals surface area (Å²) < 4.78 is 2.93. The molecular formula is C28H28BrClN4O2. The van der Waals surface area contributed by atoms with Crippen molar-refractivity contribution in [3.8, 4) is 11.3 Å². The van der Waals surface area contributed by atoms with Crippen LogP contribution in [0.1, 0.15) is 49.9 Å². The highest BCUT2D eigenvalue weighted by Gasteiger charge is 2.30. The molecule has 0 fully saturated rings. The lowest BCUT2D eigenvalue weighted by atomic mass is 9.93. The molecule has 2 aliphatic rings. The number of hydrogen-bond acceptors (Lipinski definition) is 3. The Morgan fingerprint density at radius 3 is 2.78 bits per heavy atom. The number of aromatic nitrogens is 2. The van der Waals surface area contributed by atoms with Crippen LogP contribution in [0.5, 0.6) is 0 Å². The summed E-state index contributed by atoms with van der Waals surface area (Å²) in [5, 5.41) is 3.74. The molecule has 0 saturated heterocycles. The van der Waals surface area contributed by atoms with Crippen LogP contribution in [0.25, 0.3) is 16.8 Å². The van der Waals surface area contributed by atoms with E-state index in [1.54, 1.807) is 12.3 Å². The summed E-state index contributed by atoms with van der Waals surface area (Å²) in [6.07, 6.45) is 8.48. The lowest BCUT2D eigenvalue weighted by Gasteiger charge is -2.34. The number of benzene rings is 1. The van der Waals surface area contributed by atoms with Gasteiger partial charge < -0.3 is 14.8 Å². The van der Waals surface area contributed by atoms with E-state index in [9.17, 15) is 9.59 Å². The maximum atomic E-state index is 13.5. The second-order valence-corrected chi connectivity index (χ2v) is 10.9. The molecule has 3 aromatic rings. The van der Waals surface area contributed by atoms with Crippen LogP contribution in [-0.2, 0) is 16.6 Å². The Bertz CT molecular complexity index is 1370. The number of hydrogen-bond donors (Lipinski definition) is 1. The zero-order chi connectivity index (χ0) is 25.4. The van der Waals surface area contributed by atoms with Crippen molar-refractivity contribution in [2.75, 3.05) is 11.9 Å². The third-order valence-corrected chi connectivity index (χ3v) is 8.07. The first-order chi connectivity index (χ1) is 17.3. The third kappa shape index (κ3) is 4.87. The van der Waals surface area contributed by atoms with E-state index < -0.39 is 0 Å². The number of nitrogens with one attached hydrogen (secondary N) is 1. The van der Waals surface area contributed by atoms with Crippen molar-refractivity contribution >= 4 is 50.6 Å². The van der Waals surface area contributed by atoms with Crippen molar-refractivity contribution in [1.29, 1.82) is 0 Å². The topological polar surface area (TPSA) is 67.2 Å². The van der Waals surface area contributed by atoms with Crippen molar-refractivity contribution in [3.63, 3.8) is 0 Å². The number of nitrogens with zero attached hydrogens (tertiary/aromatic N) is 3. The monoisotopic (exact) mass is 566 g/mol. The van der Waals surface area contributed by atoms with E-state index in [1.807, 2.05) is 60.0 Å². The molecular weight excluding hydrogens is 540 g/mol. The van der Waals surface area contributed by atoms with Crippen molar-refractivity contribution in [2.45, 2.75) is 38.6 Å². The summed E-state index contributed by atoms with van der Waals surface area (Å²) in [6.45, 7) is 2.55. The molecule has 1 N–H and O–H groups in total. The molecule has 1 aromatic carbocycles. The van der Waals surface area contributed by atoms with Gasteiger partial charge in [0.2, 0.25) is 11.8 Å². The molecule has 2 atom stereocenters. The molecule has 2 aliphatic heterocycles. The normalized spacial score (nSPS) is 20.7. The van der Waals surface area contributed by atoms with Crippen LogP contribution in [0.3, 0.4) is 0 Å². The Balaban J connectivity index is 1.52. The molecule has 0 radical (unpaired) electrons. The summed E-state index contributed by atoms with van der Waals surface area (Å²) in [6, 6.07) is 11.4. The van der Waals surface area contributed by atoms with Crippen molar-refractivity contribution in [2.24, 2.45) is 13.0 Å². The summed E-state index contributed by atoms with van der Waals surface area (Å²) >= 11 is 9.82. The molecule has 0 spiro atoms. The Morgan fingerprint density at radius 2 is 1.97 bits per heavy atom. The van der Waals surface area contributed by atoms with Gasteiger partial charge in [-0.15, -0.1) is 0 Å². The lowest BCUT2D eigenvalue weighted by Crippen LogP contribution is -2.38. The van der Waals surface area contributed by atoms with E-state index in [0.717, 1.165) is 63.9 Å². The van der Waals surface area contributed by atoms with Crippen LogP contribution < -0.4 is 5.32 Å². The van der Waals surface area contributed by atoms with Gasteiger partial charge in [-0.1, -0.05) is 40.9 Å². The maximum absolute atomic E-state index is 13.5. The van der Waals surface area contributed by atoms with Gasteiger partial charge in [0.25, 0.3) is 0 Å². The molecule has 0 aliphatic carbocycles. The summed E-state index contributed by atoms with van der Waals surface area (Å²) in [5.41, 5.74) is 5.47. The highest BCUT2D eigenvalue weighted by Crippen LogP contribution is 2.37. The quantitative estimate of drug-likeness (QED) is 0.378. The molecule has 8 heteroatoms. The molecule has 2 aromatic heterocycles. The number of aryl methyl sites for hydroxylation is 1. The molecule has 186 valence electrons. The molecule has 0 saturated carbocycles. The molecule has 5 rings (SSSR count). The lowest BCUT2D eigenvalue weighted by molar-refractivity contribution is -0.129. The highest BCUT2D eigenvalue weighted by molar-refractivity contribution is 9.10. The zero-order valence-corrected chi connectivity index (χ0v) is 22.6. The van der Waals surface area contributed by atoms with Crippen LogP contribution in [0.2, 0.25) is 5.02 Å². The number of fused-ring (bicyclic) bond motifs is 4. The van der Waals surface area contributed by atoms with Gasteiger partial charge in [0, 0.05) is 53.0 Å². The SMILES string of the molecule is C[C@@H]1CCC[C@H](N2CCC(c3cc(Cl)ccc3Br)=CC2=O)c2cc(ccn2)-c2c(ccn2C)NC1=O. The van der Waals surface area contributed by atoms with E-state index in [2.05, 4.69) is 27.3 Å². The fourth-order valence-electron chi connectivity index (χ4n) is 5.16. The average Bonchev–Trinajstić information content (AvgIpc) is 3.22. The summed E-state index contributed by atoms with van der Waals surface area (Å²) in [7, 11) is 1.96. The molecule has 6 nitrogen and oxygen atoms in total. The number of halogens is 2. The minimum absolute atomic E-state index is 0.0163. The summed E-state index contributed by atoms with van der Waals surface area (Å²) in [5.74, 6) is -0.145. The van der Waals surface area contributed by atoms with Crippen LogP contribution in [0.15, 0.2) is 59.3 Å². The largest absolute Gasteiger partial charge is 0.349 e. The number of carbonyl (C=O) groups excluding carboxylic acids is 2. The molecule has 4 heterocycles. The number of rotatable bonds is 2. The minimum Gasteiger partial charge on any atom is -0.349 e. The maximum Gasteiger partial charge on any atom is 0.247 e. The molecule has 2 amide bonds. The van der Waals surface area contributed by atoms with Gasteiger partial charge in [-0.2, -0.15) is 0 Å². The predicted octanol–water partition coefficient (Wildman–Crippen LogP) is 6.62. The second-order valence-electron chi connectivity index (χ2n) is 9.57. The average molecular weight is 568 g/mol. The van der Waals surface area contributed by atoms with Crippen molar-refractivity contribution < 1.29 is 9.59 Å². The highest BCUT2D eigenvalue weighted by atomic mass is 79.9. The fourth-order valence-corrected chi connectivity index (χ4v) is 5.83. The van der Waals surface area contributed by atoms with E-state index in [-0.39, 0.29) is 23.8 Å². The van der Waals surface area contributed by atoms with Crippen LogP contribution >= 0.6 is 27.5 Å². The van der Waals surface area contributed by atoms with E-state index >= 15 is 0 Å². The van der Waals surface area contributed by atoms with Gasteiger partial charge in [-0.05, 0) is 66.8 Å². The molecule has 0 unspecified atom stereocenters. The number of amides is 2. The van der Waals surface area contributed by atoms with Gasteiger partial charge in [-0.25, -0.2) is 0 Å². The van der Waals surface area contributed by atoms with Crippen LogP contribution in [-0.4, -0.2) is 32.8 Å². The van der Waals surface area contributed by atoms with E-state index in [4.69, 9.17) is 16.6 Å². The Morgan fingerprint density at radius 1 is 1.14 bits per heavy atom. The first kappa shape index (κ1) is 24.8. The molecule has 2 bridgehead atoms. The summed E-state index contributed by atoms with van der Waals surface area (Å²) in [4.78, 5) is 33.0. The van der Waals surface area contributed by atoms with Gasteiger partial charge in [-0.3, -0.25) is 14.6 Å². The van der Waals surface area contributed by atoms with Crippen molar-refractivity contribution in [3.05, 3.63) is 75.6 Å². The Kier molecular flexibility index (Phi) is 7.04. The third-order valence-electron chi connectivity index (χ3n) is 7.14. The first-order valence-corrected chi connectivity index (χ1v) is 13.4. The number of anilines is 1. The van der Waals surface area contributed by atoms with E-state index in [0.29, 0.717) is 11.6 Å². The number of carbonyl (C=O) groups is 2. The van der Waals surface area contributed by atoms with Crippen LogP contribution in [0.4, 0.5) is 5.69 Å².